The highest BCUT2D eigenvalue weighted by molar-refractivity contribution is 8.93. The SMILES string of the molecule is Br.CN1C=CC=CC1=C=O.O. The molecule has 0 unspecified atom stereocenters. The molecule has 3 nitrogen and oxygen atoms in total. The fraction of sp³-hybridized carbons (Fsp3) is 0.143. The van der Waals surface area contributed by atoms with Gasteiger partial charge in [0.1, 0.15) is 5.70 Å². The van der Waals surface area contributed by atoms with Gasteiger partial charge < -0.3 is 10.4 Å². The molecule has 4 heteroatoms. The zero-order chi connectivity index (χ0) is 6.69. The van der Waals surface area contributed by atoms with E-state index in [1.165, 1.54) is 0 Å². The third kappa shape index (κ3) is 3.18. The van der Waals surface area contributed by atoms with Crippen molar-refractivity contribution in [1.82, 2.24) is 4.90 Å². The van der Waals surface area contributed by atoms with Crippen LogP contribution in [0.1, 0.15) is 0 Å². The van der Waals surface area contributed by atoms with Crippen molar-refractivity contribution in [2.45, 2.75) is 0 Å². The number of likely N-dealkylation sites (N-methyl/N-ethyl adjacent to an activating group) is 1. The maximum absolute atomic E-state index is 10.1. The van der Waals surface area contributed by atoms with E-state index in [4.69, 9.17) is 0 Å². The van der Waals surface area contributed by atoms with Crippen LogP contribution < -0.4 is 0 Å². The van der Waals surface area contributed by atoms with Crippen LogP contribution in [-0.2, 0) is 4.79 Å². The molecule has 0 radical (unpaired) electrons. The first kappa shape index (κ1) is 12.8. The van der Waals surface area contributed by atoms with Crippen LogP contribution in [0.15, 0.2) is 30.1 Å². The number of rotatable bonds is 0. The van der Waals surface area contributed by atoms with Crippen LogP contribution in [0.2, 0.25) is 0 Å². The molecule has 0 aromatic carbocycles. The van der Waals surface area contributed by atoms with Crippen LogP contribution in [0.5, 0.6) is 0 Å². The van der Waals surface area contributed by atoms with E-state index < -0.39 is 0 Å². The average Bonchev–Trinajstić information content (AvgIpc) is 1.89. The Morgan fingerprint density at radius 2 is 2.09 bits per heavy atom. The third-order valence-corrected chi connectivity index (χ3v) is 1.16. The summed E-state index contributed by atoms with van der Waals surface area (Å²) in [6.07, 6.45) is 7.19. The molecule has 1 aliphatic rings. The molecule has 0 spiro atoms. The molecule has 0 bridgehead atoms. The molecule has 1 heterocycles. The predicted octanol–water partition coefficient (Wildman–Crippen LogP) is 0.470. The lowest BCUT2D eigenvalue weighted by atomic mass is 10.3. The van der Waals surface area contributed by atoms with Gasteiger partial charge in [-0.25, -0.2) is 4.79 Å². The molecule has 0 fully saturated rings. The first-order valence-corrected chi connectivity index (χ1v) is 2.67. The Balaban J connectivity index is 0. The van der Waals surface area contributed by atoms with Crippen LogP contribution in [-0.4, -0.2) is 23.4 Å². The zero-order valence-corrected chi connectivity index (χ0v) is 7.79. The Kier molecular flexibility index (Phi) is 6.89. The van der Waals surface area contributed by atoms with Gasteiger partial charge in [0.15, 0.2) is 5.94 Å². The largest absolute Gasteiger partial charge is 0.412 e. The van der Waals surface area contributed by atoms with Crippen LogP contribution in [0, 0.1) is 0 Å². The zero-order valence-electron chi connectivity index (χ0n) is 6.07. The highest BCUT2D eigenvalue weighted by Crippen LogP contribution is 2.04. The van der Waals surface area contributed by atoms with Gasteiger partial charge in [0.2, 0.25) is 0 Å². The number of hydrogen-bond acceptors (Lipinski definition) is 2. The summed E-state index contributed by atoms with van der Waals surface area (Å²) < 4.78 is 0. The molecule has 1 aliphatic heterocycles. The van der Waals surface area contributed by atoms with E-state index in [0.717, 1.165) is 0 Å². The summed E-state index contributed by atoms with van der Waals surface area (Å²) in [6.45, 7) is 0. The molecule has 0 saturated carbocycles. The first-order chi connectivity index (χ1) is 4.34. The summed E-state index contributed by atoms with van der Waals surface area (Å²) >= 11 is 0. The number of allylic oxidation sites excluding steroid dienone is 3. The fourth-order valence-corrected chi connectivity index (χ4v) is 0.629. The maximum atomic E-state index is 10.1. The van der Waals surface area contributed by atoms with Crippen LogP contribution in [0.4, 0.5) is 0 Å². The van der Waals surface area contributed by atoms with Crippen molar-refractivity contribution in [3.05, 3.63) is 30.1 Å². The Morgan fingerprint density at radius 3 is 2.45 bits per heavy atom. The van der Waals surface area contributed by atoms with Gasteiger partial charge in [0, 0.05) is 13.2 Å². The summed E-state index contributed by atoms with van der Waals surface area (Å²) in [5.41, 5.74) is 0.567. The standard InChI is InChI=1S/C7H7NO.BrH.H2O/c1-8-5-3-2-4-7(8)6-9;;/h2-5H,1H3;1H;1H2. The molecule has 0 aromatic heterocycles. The molecular formula is C7H10BrNO2. The van der Waals surface area contributed by atoms with E-state index in [9.17, 15) is 4.79 Å². The topological polar surface area (TPSA) is 51.8 Å². The normalized spacial score (nSPS) is 13.2. The van der Waals surface area contributed by atoms with Gasteiger partial charge in [0.25, 0.3) is 0 Å². The Morgan fingerprint density at radius 1 is 1.45 bits per heavy atom. The van der Waals surface area contributed by atoms with E-state index in [1.54, 1.807) is 30.3 Å². The van der Waals surface area contributed by atoms with E-state index in [-0.39, 0.29) is 22.5 Å². The second kappa shape index (κ2) is 5.92. The Hall–Kier alpha value is -0.830. The second-order valence-electron chi connectivity index (χ2n) is 1.80. The van der Waals surface area contributed by atoms with Crippen LogP contribution in [0.25, 0.3) is 0 Å². The van der Waals surface area contributed by atoms with Gasteiger partial charge >= 0.3 is 0 Å². The quantitative estimate of drug-likeness (QED) is 0.557. The summed E-state index contributed by atoms with van der Waals surface area (Å²) in [7, 11) is 1.81. The van der Waals surface area contributed by atoms with Crippen LogP contribution >= 0.6 is 17.0 Å². The van der Waals surface area contributed by atoms with Gasteiger partial charge in [-0.15, -0.1) is 17.0 Å². The molecule has 1 rings (SSSR count). The molecule has 11 heavy (non-hydrogen) atoms. The van der Waals surface area contributed by atoms with E-state index in [1.807, 2.05) is 12.0 Å². The maximum Gasteiger partial charge on any atom is 0.150 e. The molecule has 0 aromatic rings. The van der Waals surface area contributed by atoms with Gasteiger partial charge in [-0.3, -0.25) is 0 Å². The van der Waals surface area contributed by atoms with E-state index >= 15 is 0 Å². The van der Waals surface area contributed by atoms with Gasteiger partial charge in [-0.05, 0) is 12.2 Å². The smallest absolute Gasteiger partial charge is 0.150 e. The Labute approximate surface area is 75.8 Å². The summed E-state index contributed by atoms with van der Waals surface area (Å²) in [4.78, 5) is 11.8. The first-order valence-electron chi connectivity index (χ1n) is 2.67. The fourth-order valence-electron chi connectivity index (χ4n) is 0.629. The van der Waals surface area contributed by atoms with E-state index in [2.05, 4.69) is 0 Å². The molecular weight excluding hydrogens is 210 g/mol. The number of halogens is 1. The summed E-state index contributed by atoms with van der Waals surface area (Å²) in [5.74, 6) is 1.81. The summed E-state index contributed by atoms with van der Waals surface area (Å²) in [6, 6.07) is 0. The minimum atomic E-state index is 0. The molecule has 0 amide bonds. The van der Waals surface area contributed by atoms with Crippen molar-refractivity contribution in [2.75, 3.05) is 7.05 Å². The van der Waals surface area contributed by atoms with Gasteiger partial charge in [0.05, 0.1) is 0 Å². The summed E-state index contributed by atoms with van der Waals surface area (Å²) in [5, 5.41) is 0. The number of carbonyl (C=O) groups excluding carboxylic acids is 1. The number of hydrogen-bond donors (Lipinski definition) is 0. The van der Waals surface area contributed by atoms with Crippen LogP contribution in [0.3, 0.4) is 0 Å². The van der Waals surface area contributed by atoms with E-state index in [0.29, 0.717) is 5.70 Å². The lowest BCUT2D eigenvalue weighted by Crippen LogP contribution is -2.10. The lowest BCUT2D eigenvalue weighted by Gasteiger charge is -2.12. The van der Waals surface area contributed by atoms with Crippen molar-refractivity contribution in [1.29, 1.82) is 0 Å². The van der Waals surface area contributed by atoms with Gasteiger partial charge in [-0.1, -0.05) is 6.08 Å². The minimum Gasteiger partial charge on any atom is -0.412 e. The van der Waals surface area contributed by atoms with Crippen molar-refractivity contribution in [3.8, 4) is 0 Å². The monoisotopic (exact) mass is 219 g/mol. The average molecular weight is 220 g/mol. The van der Waals surface area contributed by atoms with Gasteiger partial charge in [-0.2, -0.15) is 0 Å². The van der Waals surface area contributed by atoms with Crippen molar-refractivity contribution >= 4 is 22.9 Å². The third-order valence-electron chi connectivity index (χ3n) is 1.16. The highest BCUT2D eigenvalue weighted by Gasteiger charge is 1.98. The predicted molar refractivity (Wildman–Crippen MR) is 49.2 cm³/mol. The molecule has 0 aliphatic carbocycles. The highest BCUT2D eigenvalue weighted by atomic mass is 79.9. The minimum absolute atomic E-state index is 0. The lowest BCUT2D eigenvalue weighted by molar-refractivity contribution is 0.543. The molecule has 62 valence electrons. The number of nitrogens with zero attached hydrogens (tertiary/aromatic N) is 1. The molecule has 0 saturated heterocycles. The molecule has 0 atom stereocenters. The van der Waals surface area contributed by atoms with Crippen molar-refractivity contribution in [3.63, 3.8) is 0 Å². The Bertz CT molecular complexity index is 216. The van der Waals surface area contributed by atoms with Crippen molar-refractivity contribution in [2.24, 2.45) is 0 Å². The molecule has 2 N–H and O–H groups in total. The van der Waals surface area contributed by atoms with Crippen molar-refractivity contribution < 1.29 is 10.3 Å². The second-order valence-corrected chi connectivity index (χ2v) is 1.80.